The van der Waals surface area contributed by atoms with Crippen LogP contribution >= 0.6 is 11.6 Å². The largest absolute Gasteiger partial charge is 0.444 e. The number of hydrogen-bond donors (Lipinski definition) is 8. The molecule has 29 heteroatoms. The third-order valence-electron chi connectivity index (χ3n) is 17.6. The molecule has 5 amide bonds. The molecule has 0 spiro atoms. The predicted molar refractivity (Wildman–Crippen MR) is 436 cm³/mol. The van der Waals surface area contributed by atoms with Crippen LogP contribution in [0.1, 0.15) is 200 Å². The van der Waals surface area contributed by atoms with E-state index in [-0.39, 0.29) is 65.5 Å². The molecule has 614 valence electrons. The Balaban J connectivity index is 0.000000279. The Morgan fingerprint density at radius 3 is 1.16 bits per heavy atom. The Kier molecular flexibility index (Phi) is 35.8. The van der Waals surface area contributed by atoms with E-state index in [1.54, 1.807) is 45.0 Å². The zero-order valence-corrected chi connectivity index (χ0v) is 67.3. The molecule has 8 aromatic carbocycles. The Morgan fingerprint density at radius 1 is 0.483 bits per heavy atom. The molecule has 0 saturated carbocycles. The molecule has 4 atom stereocenters. The van der Waals surface area contributed by atoms with Gasteiger partial charge in [0.15, 0.2) is 11.6 Å². The zero-order valence-electron chi connectivity index (χ0n) is 66.6. The fourth-order valence-electron chi connectivity index (χ4n) is 12.1. The number of nitrogens with two attached hydrogens (primary N) is 1. The van der Waals surface area contributed by atoms with Gasteiger partial charge in [-0.3, -0.25) is 30.1 Å². The van der Waals surface area contributed by atoms with Crippen molar-refractivity contribution in [3.63, 3.8) is 0 Å². The predicted octanol–water partition coefficient (Wildman–Crippen LogP) is 17.4. The molecule has 0 aliphatic rings. The maximum atomic E-state index is 14.2. The first-order chi connectivity index (χ1) is 55.4. The number of ether oxygens (including phenoxy) is 4. The smallest absolute Gasteiger partial charge is 0.413 e. The van der Waals surface area contributed by atoms with E-state index in [0.717, 1.165) is 66.1 Å². The molecule has 10 rings (SSSR count). The fourth-order valence-corrected chi connectivity index (χ4v) is 12.2. The summed E-state index contributed by atoms with van der Waals surface area (Å²) in [6.45, 7) is 15.9. The van der Waals surface area contributed by atoms with Crippen LogP contribution in [0.15, 0.2) is 246 Å². The number of carbonyl (C=O) groups excluding carboxylic acids is 6. The molecule has 116 heavy (non-hydrogen) atoms. The number of unbranched alkanes of at least 4 members (excludes halogenated alkanes) is 2. The molecule has 2 heterocycles. The first kappa shape index (κ1) is 91.0. The lowest BCUT2D eigenvalue weighted by molar-refractivity contribution is -0.384. The molecule has 0 fully saturated rings. The van der Waals surface area contributed by atoms with E-state index < -0.39 is 63.0 Å². The van der Waals surface area contributed by atoms with Crippen molar-refractivity contribution < 1.29 is 72.1 Å². The van der Waals surface area contributed by atoms with E-state index in [2.05, 4.69) is 51.6 Å². The van der Waals surface area contributed by atoms with Gasteiger partial charge in [0, 0.05) is 68.5 Å². The summed E-state index contributed by atoms with van der Waals surface area (Å²) in [5.41, 5.74) is 7.86. The molecule has 2 aromatic heterocycles. The fraction of sp³-hybridized carbons (Fsp3) is 0.333. The highest BCUT2D eigenvalue weighted by Crippen LogP contribution is 2.39. The number of carbonyl (C=O) groups is 6. The lowest BCUT2D eigenvalue weighted by Crippen LogP contribution is -2.48. The summed E-state index contributed by atoms with van der Waals surface area (Å²) in [6.07, 6.45) is 3.41. The van der Waals surface area contributed by atoms with Crippen molar-refractivity contribution in [2.24, 2.45) is 5.73 Å². The molecule has 0 radical (unpaired) electrons. The quantitative estimate of drug-likeness (QED) is 0.00638. The summed E-state index contributed by atoms with van der Waals surface area (Å²) >= 11 is 4.95. The van der Waals surface area contributed by atoms with E-state index in [0.29, 0.717) is 55.6 Å². The SMILES string of the molecule is CN(O)O.C[C@@H](CCCCNC(=O)OC(C)(C)C)c1noc([C@@H](N)CCC(=O)NC(c2ccccc2)(c2ccccc2)c2ccccc2)n1.C[C@@H](CCCCNC(=O)OC(C)(C)C)c1noc([C@H](CCC(=O)NC(c2ccccc2)(c2ccccc2)c2ccccc2)NC(=O)Oc2ccc([N+](=O)[O-])cc2)n1.O=C(Cl)Oc1ccccc1. The second kappa shape index (κ2) is 45.6. The van der Waals surface area contributed by atoms with Crippen LogP contribution in [0.5, 0.6) is 11.5 Å². The van der Waals surface area contributed by atoms with Crippen LogP contribution < -0.4 is 41.8 Å². The number of benzene rings is 8. The van der Waals surface area contributed by atoms with Gasteiger partial charge in [0.2, 0.25) is 23.6 Å². The number of alkyl carbamates (subject to hydrolysis) is 2. The summed E-state index contributed by atoms with van der Waals surface area (Å²) in [5.74, 6) is 1.42. The van der Waals surface area contributed by atoms with E-state index in [1.807, 2.05) is 223 Å². The lowest BCUT2D eigenvalue weighted by Gasteiger charge is -2.37. The van der Waals surface area contributed by atoms with Gasteiger partial charge in [0.05, 0.1) is 11.0 Å². The molecule has 28 nitrogen and oxygen atoms in total. The third kappa shape index (κ3) is 30.0. The highest BCUT2D eigenvalue weighted by molar-refractivity contribution is 6.61. The Bertz CT molecular complexity index is 4420. The van der Waals surface area contributed by atoms with Gasteiger partial charge in [-0.05, 0) is 138 Å². The summed E-state index contributed by atoms with van der Waals surface area (Å²) in [5, 5.41) is 49.3. The minimum atomic E-state index is -1.05. The van der Waals surface area contributed by atoms with Crippen molar-refractivity contribution in [1.82, 2.24) is 52.1 Å². The number of nitrogens with one attached hydrogen (secondary N) is 5. The van der Waals surface area contributed by atoms with Crippen LogP contribution in [0.3, 0.4) is 0 Å². The van der Waals surface area contributed by atoms with Crippen LogP contribution in [0.2, 0.25) is 0 Å². The number of para-hydroxylation sites is 1. The number of hydrogen-bond acceptors (Lipinski definition) is 22. The molecule has 0 aliphatic heterocycles. The van der Waals surface area contributed by atoms with Gasteiger partial charge in [-0.15, -0.1) is 0 Å². The van der Waals surface area contributed by atoms with Gasteiger partial charge in [-0.2, -0.15) is 9.97 Å². The molecule has 0 bridgehead atoms. The number of non-ortho nitro benzene ring substituents is 1. The molecular formula is C87H103ClN12O16. The molecule has 0 unspecified atom stereocenters. The van der Waals surface area contributed by atoms with Crippen molar-refractivity contribution in [3.05, 3.63) is 304 Å². The second-order valence-electron chi connectivity index (χ2n) is 29.1. The number of aromatic nitrogens is 4. The molecule has 0 saturated heterocycles. The van der Waals surface area contributed by atoms with Gasteiger partial charge < -0.3 is 60.3 Å². The topological polar surface area (TPSA) is 390 Å². The Hall–Kier alpha value is -12.2. The van der Waals surface area contributed by atoms with Crippen molar-refractivity contribution in [2.75, 3.05) is 20.1 Å². The highest BCUT2D eigenvalue weighted by Gasteiger charge is 2.40. The number of rotatable bonds is 32. The van der Waals surface area contributed by atoms with Crippen LogP contribution in [0.4, 0.5) is 24.9 Å². The van der Waals surface area contributed by atoms with Crippen LogP contribution in [0.25, 0.3) is 0 Å². The average molecular weight is 1610 g/mol. The van der Waals surface area contributed by atoms with E-state index in [4.69, 9.17) is 51.0 Å². The van der Waals surface area contributed by atoms with Crippen molar-refractivity contribution in [1.29, 1.82) is 0 Å². The summed E-state index contributed by atoms with van der Waals surface area (Å²) < 4.78 is 31.7. The third-order valence-corrected chi connectivity index (χ3v) is 17.7. The minimum Gasteiger partial charge on any atom is -0.444 e. The monoisotopic (exact) mass is 1610 g/mol. The highest BCUT2D eigenvalue weighted by atomic mass is 35.5. The normalized spacial score (nSPS) is 12.3. The average Bonchev–Trinajstić information content (AvgIpc) is 1.06. The molecule has 9 N–H and O–H groups in total. The molecule has 10 aromatic rings. The van der Waals surface area contributed by atoms with Gasteiger partial charge in [-0.25, -0.2) is 19.2 Å². The summed E-state index contributed by atoms with van der Waals surface area (Å²) in [6, 6.07) is 71.3. The van der Waals surface area contributed by atoms with Gasteiger partial charge in [0.25, 0.3) is 5.69 Å². The van der Waals surface area contributed by atoms with Gasteiger partial charge in [0.1, 0.15) is 39.8 Å². The van der Waals surface area contributed by atoms with E-state index in [1.165, 1.54) is 24.3 Å². The number of nitro benzene ring substituents is 1. The van der Waals surface area contributed by atoms with Gasteiger partial charge >= 0.3 is 23.7 Å². The Labute approximate surface area is 680 Å². The number of nitrogens with zero attached hydrogens (tertiary/aromatic N) is 6. The van der Waals surface area contributed by atoms with Crippen LogP contribution in [0, 0.1) is 10.1 Å². The van der Waals surface area contributed by atoms with E-state index in [9.17, 15) is 38.9 Å². The lowest BCUT2D eigenvalue weighted by atomic mass is 9.77. The van der Waals surface area contributed by atoms with Crippen molar-refractivity contribution >= 4 is 52.8 Å². The van der Waals surface area contributed by atoms with Crippen molar-refractivity contribution in [3.8, 4) is 11.5 Å². The maximum absolute atomic E-state index is 14.2. The number of halogens is 1. The standard InChI is InChI=1S/C43H48N6O8.C36H45N5O4.C7H5ClO2.CH5NO2/c1-30(16-14-15-29-44-40(51)56-42(2,3)4)38-46-39(57-48-38)36(45-41(52)55-35-25-23-34(24-26-35)49(53)54)27-28-37(50)47-43(31-17-8-5-9-18-31,32-19-10-6-11-20-32)33-21-12-7-13-22-33;1-26(16-14-15-25-38-34(43)44-35(2,3)4)32-39-33(45-41-32)30(37)23-24-31(42)40-36(27-17-8-5-9-18-27,28-19-10-6-11-20-28)29-21-12-7-13-22-29;8-7(9)10-6-4-2-1-3-5-6;1-2(3)4/h5-13,17-26,30,36H,14-16,27-29H2,1-4H3,(H,44,51)(H,45,52)(H,47,50);5-13,17-22,26,30H,14-16,23-25,37H2,1-4H3,(H,38,43)(H,40,42);1-5H;3-4H,1H3/t30-,36-;26-,30-;;/m00../s1. The van der Waals surface area contributed by atoms with E-state index >= 15 is 0 Å². The first-order valence-electron chi connectivity index (χ1n) is 38.0. The summed E-state index contributed by atoms with van der Waals surface area (Å²) in [7, 11) is 1.11. The van der Waals surface area contributed by atoms with Crippen LogP contribution in [-0.4, -0.2) is 108 Å². The van der Waals surface area contributed by atoms with Crippen LogP contribution in [-0.2, 0) is 30.1 Å². The molecular weight excluding hydrogens is 1500 g/mol. The number of amides is 5. The zero-order chi connectivity index (χ0) is 84.1. The Morgan fingerprint density at radius 2 is 0.810 bits per heavy atom. The minimum absolute atomic E-state index is 0. The number of nitro groups is 1. The van der Waals surface area contributed by atoms with Crippen molar-refractivity contribution in [2.45, 2.75) is 166 Å². The maximum Gasteiger partial charge on any atom is 0.413 e. The summed E-state index contributed by atoms with van der Waals surface area (Å²) in [4.78, 5) is 94.7. The number of hydroxylamine groups is 2. The second-order valence-corrected chi connectivity index (χ2v) is 29.4. The van der Waals surface area contributed by atoms with Gasteiger partial charge in [-0.1, -0.05) is 242 Å². The first-order valence-corrected chi connectivity index (χ1v) is 38.4. The molecule has 0 aliphatic carbocycles.